The Balaban J connectivity index is 1.62. The van der Waals surface area contributed by atoms with Crippen LogP contribution >= 0.6 is 0 Å². The van der Waals surface area contributed by atoms with Gasteiger partial charge in [0.1, 0.15) is 18.1 Å². The molecule has 0 saturated carbocycles. The molecule has 0 radical (unpaired) electrons. The molecule has 28 heavy (non-hydrogen) atoms. The second kappa shape index (κ2) is 9.25. The molecule has 1 aliphatic rings. The predicted octanol–water partition coefficient (Wildman–Crippen LogP) is 3.83. The molecule has 6 nitrogen and oxygen atoms in total. The number of amides is 1. The van der Waals surface area contributed by atoms with Gasteiger partial charge < -0.3 is 19.5 Å². The summed E-state index contributed by atoms with van der Waals surface area (Å²) in [7, 11) is 0. The zero-order valence-corrected chi connectivity index (χ0v) is 16.1. The SMILES string of the molecule is Cc1ccc(NC(=O)C(C)Oc2ccc(C#N)cc2)c(OCC2CCCO2)c1. The van der Waals surface area contributed by atoms with E-state index in [0.29, 0.717) is 29.4 Å². The largest absolute Gasteiger partial charge is 0.489 e. The van der Waals surface area contributed by atoms with E-state index in [9.17, 15) is 4.79 Å². The van der Waals surface area contributed by atoms with Gasteiger partial charge in [0.25, 0.3) is 5.91 Å². The zero-order chi connectivity index (χ0) is 19.9. The van der Waals surface area contributed by atoms with Gasteiger partial charge in [0.15, 0.2) is 6.10 Å². The van der Waals surface area contributed by atoms with Crippen LogP contribution in [0, 0.1) is 18.3 Å². The van der Waals surface area contributed by atoms with Crippen molar-refractivity contribution in [2.75, 3.05) is 18.5 Å². The van der Waals surface area contributed by atoms with Gasteiger partial charge in [-0.25, -0.2) is 0 Å². The third-order valence-corrected chi connectivity index (χ3v) is 4.51. The van der Waals surface area contributed by atoms with Crippen molar-refractivity contribution in [1.82, 2.24) is 0 Å². The highest BCUT2D eigenvalue weighted by Crippen LogP contribution is 2.27. The van der Waals surface area contributed by atoms with Crippen LogP contribution in [0.4, 0.5) is 5.69 Å². The van der Waals surface area contributed by atoms with E-state index >= 15 is 0 Å². The van der Waals surface area contributed by atoms with Gasteiger partial charge in [0.05, 0.1) is 23.4 Å². The summed E-state index contributed by atoms with van der Waals surface area (Å²) >= 11 is 0. The predicted molar refractivity (Wildman–Crippen MR) is 106 cm³/mol. The maximum atomic E-state index is 12.6. The molecule has 1 aliphatic heterocycles. The van der Waals surface area contributed by atoms with E-state index in [2.05, 4.69) is 5.32 Å². The number of nitrogens with zero attached hydrogens (tertiary/aromatic N) is 1. The highest BCUT2D eigenvalue weighted by atomic mass is 16.5. The molecule has 0 aliphatic carbocycles. The number of ether oxygens (including phenoxy) is 3. The minimum Gasteiger partial charge on any atom is -0.489 e. The summed E-state index contributed by atoms with van der Waals surface area (Å²) < 4.78 is 17.2. The molecule has 1 amide bonds. The third kappa shape index (κ3) is 5.24. The Labute approximate surface area is 165 Å². The van der Waals surface area contributed by atoms with Crippen molar-refractivity contribution in [2.45, 2.75) is 38.9 Å². The van der Waals surface area contributed by atoms with Gasteiger partial charge in [-0.15, -0.1) is 0 Å². The highest BCUT2D eigenvalue weighted by molar-refractivity contribution is 5.95. The fourth-order valence-electron chi connectivity index (χ4n) is 2.91. The van der Waals surface area contributed by atoms with Crippen LogP contribution < -0.4 is 14.8 Å². The second-order valence-electron chi connectivity index (χ2n) is 6.83. The fraction of sp³-hybridized carbons (Fsp3) is 0.364. The van der Waals surface area contributed by atoms with Gasteiger partial charge in [-0.1, -0.05) is 6.07 Å². The first-order chi connectivity index (χ1) is 13.5. The fourth-order valence-corrected chi connectivity index (χ4v) is 2.91. The Morgan fingerprint density at radius 2 is 2.11 bits per heavy atom. The van der Waals surface area contributed by atoms with Crippen molar-refractivity contribution < 1.29 is 19.0 Å². The van der Waals surface area contributed by atoms with Gasteiger partial charge in [0, 0.05) is 6.61 Å². The summed E-state index contributed by atoms with van der Waals surface area (Å²) in [4.78, 5) is 12.6. The summed E-state index contributed by atoms with van der Waals surface area (Å²) in [6.45, 7) is 4.88. The van der Waals surface area contributed by atoms with Crippen LogP contribution in [0.5, 0.6) is 11.5 Å². The van der Waals surface area contributed by atoms with Crippen LogP contribution in [0.25, 0.3) is 0 Å². The van der Waals surface area contributed by atoms with Crippen molar-refractivity contribution >= 4 is 11.6 Å². The molecule has 0 bridgehead atoms. The average Bonchev–Trinajstić information content (AvgIpc) is 3.22. The first kappa shape index (κ1) is 19.7. The molecule has 2 atom stereocenters. The normalized spacial score (nSPS) is 16.8. The molecule has 1 heterocycles. The third-order valence-electron chi connectivity index (χ3n) is 4.51. The van der Waals surface area contributed by atoms with Crippen LogP contribution in [0.2, 0.25) is 0 Å². The lowest BCUT2D eigenvalue weighted by atomic mass is 10.2. The monoisotopic (exact) mass is 380 g/mol. The molecule has 2 unspecified atom stereocenters. The maximum Gasteiger partial charge on any atom is 0.265 e. The van der Waals surface area contributed by atoms with E-state index in [1.54, 1.807) is 31.2 Å². The van der Waals surface area contributed by atoms with Crippen molar-refractivity contribution in [2.24, 2.45) is 0 Å². The van der Waals surface area contributed by atoms with E-state index in [1.165, 1.54) is 0 Å². The number of benzene rings is 2. The second-order valence-corrected chi connectivity index (χ2v) is 6.83. The molecule has 1 N–H and O–H groups in total. The van der Waals surface area contributed by atoms with E-state index in [-0.39, 0.29) is 12.0 Å². The van der Waals surface area contributed by atoms with Crippen LogP contribution in [-0.4, -0.2) is 31.3 Å². The number of hydrogen-bond acceptors (Lipinski definition) is 5. The number of nitrogens with one attached hydrogen (secondary N) is 1. The maximum absolute atomic E-state index is 12.6. The molecule has 6 heteroatoms. The molecule has 3 rings (SSSR count). The van der Waals surface area contributed by atoms with Gasteiger partial charge in [-0.3, -0.25) is 4.79 Å². The van der Waals surface area contributed by atoms with Crippen LogP contribution in [0.3, 0.4) is 0 Å². The van der Waals surface area contributed by atoms with Gasteiger partial charge >= 0.3 is 0 Å². The number of anilines is 1. The Morgan fingerprint density at radius 3 is 2.79 bits per heavy atom. The van der Waals surface area contributed by atoms with Crippen LogP contribution in [0.15, 0.2) is 42.5 Å². The lowest BCUT2D eigenvalue weighted by Crippen LogP contribution is -2.30. The number of carbonyl (C=O) groups excluding carboxylic acids is 1. The molecule has 2 aromatic rings. The van der Waals surface area contributed by atoms with Crippen molar-refractivity contribution in [3.8, 4) is 17.6 Å². The zero-order valence-electron chi connectivity index (χ0n) is 16.1. The standard InChI is InChI=1S/C22H24N2O4/c1-15-5-10-20(21(12-15)27-14-19-4-3-11-26-19)24-22(25)16(2)28-18-8-6-17(13-23)7-9-18/h5-10,12,16,19H,3-4,11,14H2,1-2H3,(H,24,25). The van der Waals surface area contributed by atoms with Gasteiger partial charge in [-0.2, -0.15) is 5.26 Å². The van der Waals surface area contributed by atoms with Gasteiger partial charge in [0.2, 0.25) is 0 Å². The molecule has 146 valence electrons. The Bertz CT molecular complexity index is 852. The summed E-state index contributed by atoms with van der Waals surface area (Å²) in [6, 6.07) is 14.3. The summed E-state index contributed by atoms with van der Waals surface area (Å²) in [5, 5.41) is 11.7. The first-order valence-corrected chi connectivity index (χ1v) is 9.38. The minimum atomic E-state index is -0.708. The number of nitriles is 1. The lowest BCUT2D eigenvalue weighted by molar-refractivity contribution is -0.122. The number of hydrogen-bond donors (Lipinski definition) is 1. The van der Waals surface area contributed by atoms with Crippen LogP contribution in [-0.2, 0) is 9.53 Å². The van der Waals surface area contributed by atoms with Crippen molar-refractivity contribution in [3.63, 3.8) is 0 Å². The molecular formula is C22H24N2O4. The lowest BCUT2D eigenvalue weighted by Gasteiger charge is -2.18. The quantitative estimate of drug-likeness (QED) is 0.790. The smallest absolute Gasteiger partial charge is 0.265 e. The Kier molecular flexibility index (Phi) is 6.51. The van der Waals surface area contributed by atoms with Crippen LogP contribution in [0.1, 0.15) is 30.9 Å². The summed E-state index contributed by atoms with van der Waals surface area (Å²) in [5.41, 5.74) is 2.18. The number of carbonyl (C=O) groups is 1. The van der Waals surface area contributed by atoms with Crippen molar-refractivity contribution in [1.29, 1.82) is 5.26 Å². The number of aryl methyl sites for hydroxylation is 1. The van der Waals surface area contributed by atoms with Gasteiger partial charge in [-0.05, 0) is 68.7 Å². The number of rotatable bonds is 7. The first-order valence-electron chi connectivity index (χ1n) is 9.38. The Morgan fingerprint density at radius 1 is 1.32 bits per heavy atom. The van der Waals surface area contributed by atoms with Crippen molar-refractivity contribution in [3.05, 3.63) is 53.6 Å². The van der Waals surface area contributed by atoms with E-state index in [0.717, 1.165) is 25.0 Å². The topological polar surface area (TPSA) is 80.6 Å². The molecule has 0 spiro atoms. The minimum absolute atomic E-state index is 0.0997. The summed E-state index contributed by atoms with van der Waals surface area (Å²) in [5.74, 6) is 0.866. The van der Waals surface area contributed by atoms with E-state index < -0.39 is 6.10 Å². The average molecular weight is 380 g/mol. The molecule has 1 fully saturated rings. The molecule has 0 aromatic heterocycles. The van der Waals surface area contributed by atoms with E-state index in [4.69, 9.17) is 19.5 Å². The molecule has 1 saturated heterocycles. The molecular weight excluding hydrogens is 356 g/mol. The van der Waals surface area contributed by atoms with E-state index in [1.807, 2.05) is 31.2 Å². The molecule has 2 aromatic carbocycles. The highest BCUT2D eigenvalue weighted by Gasteiger charge is 2.19. The summed E-state index contributed by atoms with van der Waals surface area (Å²) in [6.07, 6.45) is 1.43. The Hall–Kier alpha value is -3.04.